The van der Waals surface area contributed by atoms with E-state index in [0.717, 1.165) is 5.56 Å². The van der Waals surface area contributed by atoms with Gasteiger partial charge in [0.25, 0.3) is 11.6 Å². The van der Waals surface area contributed by atoms with E-state index in [1.54, 1.807) is 22.9 Å². The number of alkyl halides is 3. The summed E-state index contributed by atoms with van der Waals surface area (Å²) < 4.78 is 47.4. The standard InChI is InChI=1S/C15H13F3N2O3/c16-15(17,18)23-11-4-1-10(2-5-11)3-6-12-9-20-8-7-13(21)19-14(20)22-12/h1-2,4-5,7-8,12H,3,6,9H2. The van der Waals surface area contributed by atoms with Crippen molar-refractivity contribution < 1.29 is 22.6 Å². The molecule has 0 spiro atoms. The lowest BCUT2D eigenvalue weighted by atomic mass is 10.1. The molecule has 1 aromatic carbocycles. The van der Waals surface area contributed by atoms with Crippen LogP contribution in [0.2, 0.25) is 0 Å². The van der Waals surface area contributed by atoms with Crippen LogP contribution in [0.25, 0.3) is 0 Å². The molecule has 8 heteroatoms. The molecule has 1 aliphatic rings. The summed E-state index contributed by atoms with van der Waals surface area (Å²) in [5.74, 6) is -0.242. The van der Waals surface area contributed by atoms with Crippen molar-refractivity contribution in [3.8, 4) is 11.8 Å². The first kappa shape index (κ1) is 15.4. The molecule has 0 N–H and O–H groups in total. The quantitative estimate of drug-likeness (QED) is 0.866. The van der Waals surface area contributed by atoms with Gasteiger partial charge in [-0.3, -0.25) is 9.36 Å². The molecule has 122 valence electrons. The summed E-state index contributed by atoms with van der Waals surface area (Å²) in [4.78, 5) is 14.9. The molecular weight excluding hydrogens is 313 g/mol. The summed E-state index contributed by atoms with van der Waals surface area (Å²) in [5.41, 5.74) is 0.527. The van der Waals surface area contributed by atoms with Crippen molar-refractivity contribution in [2.45, 2.75) is 31.9 Å². The minimum absolute atomic E-state index is 0.115. The molecule has 0 saturated carbocycles. The topological polar surface area (TPSA) is 53.4 Å². The summed E-state index contributed by atoms with van der Waals surface area (Å²) in [6.07, 6.45) is -1.87. The van der Waals surface area contributed by atoms with Crippen LogP contribution in [-0.2, 0) is 13.0 Å². The average molecular weight is 326 g/mol. The van der Waals surface area contributed by atoms with Crippen molar-refractivity contribution >= 4 is 0 Å². The highest BCUT2D eigenvalue weighted by molar-refractivity contribution is 5.27. The van der Waals surface area contributed by atoms with Gasteiger partial charge in [0.05, 0.1) is 6.54 Å². The summed E-state index contributed by atoms with van der Waals surface area (Å²) in [6, 6.07) is 7.42. The first-order valence-corrected chi connectivity index (χ1v) is 6.98. The average Bonchev–Trinajstić information content (AvgIpc) is 2.87. The predicted molar refractivity (Wildman–Crippen MR) is 74.4 cm³/mol. The van der Waals surface area contributed by atoms with E-state index in [4.69, 9.17) is 4.74 Å². The fourth-order valence-electron chi connectivity index (χ4n) is 2.39. The van der Waals surface area contributed by atoms with Crippen LogP contribution in [0, 0.1) is 0 Å². The number of rotatable bonds is 4. The first-order chi connectivity index (χ1) is 10.9. The SMILES string of the molecule is O=c1ccn2c(n1)OC(CCc1ccc(OC(F)(F)F)cc1)C2. The molecule has 1 aromatic heterocycles. The first-order valence-electron chi connectivity index (χ1n) is 6.98. The maximum atomic E-state index is 12.1. The summed E-state index contributed by atoms with van der Waals surface area (Å²) in [5, 5.41) is 0. The van der Waals surface area contributed by atoms with E-state index >= 15 is 0 Å². The van der Waals surface area contributed by atoms with Crippen LogP contribution < -0.4 is 15.0 Å². The van der Waals surface area contributed by atoms with E-state index in [0.29, 0.717) is 25.4 Å². The van der Waals surface area contributed by atoms with Crippen LogP contribution in [0.3, 0.4) is 0 Å². The lowest BCUT2D eigenvalue weighted by Gasteiger charge is -2.10. The molecule has 5 nitrogen and oxygen atoms in total. The van der Waals surface area contributed by atoms with E-state index in [1.165, 1.54) is 18.2 Å². The van der Waals surface area contributed by atoms with Crippen molar-refractivity contribution in [1.29, 1.82) is 0 Å². The number of aryl methyl sites for hydroxylation is 1. The van der Waals surface area contributed by atoms with Gasteiger partial charge >= 0.3 is 6.36 Å². The van der Waals surface area contributed by atoms with Gasteiger partial charge in [-0.05, 0) is 30.5 Å². The van der Waals surface area contributed by atoms with Crippen LogP contribution in [0.4, 0.5) is 13.2 Å². The summed E-state index contributed by atoms with van der Waals surface area (Å²) >= 11 is 0. The molecule has 3 rings (SSSR count). The molecule has 0 amide bonds. The Kier molecular flexibility index (Phi) is 3.97. The second-order valence-electron chi connectivity index (χ2n) is 5.17. The highest BCUT2D eigenvalue weighted by Crippen LogP contribution is 2.24. The number of fused-ring (bicyclic) bond motifs is 1. The minimum atomic E-state index is -4.68. The zero-order chi connectivity index (χ0) is 16.4. The van der Waals surface area contributed by atoms with Crippen molar-refractivity contribution in [2.24, 2.45) is 0 Å². The molecule has 2 heterocycles. The van der Waals surface area contributed by atoms with Crippen LogP contribution in [0.1, 0.15) is 12.0 Å². The highest BCUT2D eigenvalue weighted by Gasteiger charge is 2.31. The van der Waals surface area contributed by atoms with Crippen molar-refractivity contribution in [2.75, 3.05) is 0 Å². The Hall–Kier alpha value is -2.51. The van der Waals surface area contributed by atoms with E-state index in [2.05, 4.69) is 9.72 Å². The second kappa shape index (κ2) is 5.94. The molecule has 0 aliphatic carbocycles. The van der Waals surface area contributed by atoms with E-state index in [1.807, 2.05) is 0 Å². The maximum absolute atomic E-state index is 12.1. The van der Waals surface area contributed by atoms with E-state index in [9.17, 15) is 18.0 Å². The van der Waals surface area contributed by atoms with Gasteiger partial charge in [-0.25, -0.2) is 0 Å². The number of benzene rings is 1. The summed E-state index contributed by atoms with van der Waals surface area (Å²) in [7, 11) is 0. The molecule has 0 saturated heterocycles. The van der Waals surface area contributed by atoms with Gasteiger partial charge in [0.1, 0.15) is 11.9 Å². The fourth-order valence-corrected chi connectivity index (χ4v) is 2.39. The smallest absolute Gasteiger partial charge is 0.459 e. The summed E-state index contributed by atoms with van der Waals surface area (Å²) in [6.45, 7) is 0.595. The van der Waals surface area contributed by atoms with E-state index < -0.39 is 6.36 Å². The molecular formula is C15H13F3N2O3. The van der Waals surface area contributed by atoms with E-state index in [-0.39, 0.29) is 17.4 Å². The molecule has 0 bridgehead atoms. The Morgan fingerprint density at radius 1 is 1.26 bits per heavy atom. The number of hydrogen-bond donors (Lipinski definition) is 0. The molecule has 23 heavy (non-hydrogen) atoms. The highest BCUT2D eigenvalue weighted by atomic mass is 19.4. The van der Waals surface area contributed by atoms with Gasteiger partial charge < -0.3 is 9.47 Å². The molecule has 1 unspecified atom stereocenters. The number of hydrogen-bond acceptors (Lipinski definition) is 4. The second-order valence-corrected chi connectivity index (χ2v) is 5.17. The van der Waals surface area contributed by atoms with Gasteiger partial charge in [-0.15, -0.1) is 13.2 Å². The van der Waals surface area contributed by atoms with Crippen LogP contribution in [0.15, 0.2) is 41.3 Å². The maximum Gasteiger partial charge on any atom is 0.573 e. The molecule has 2 aromatic rings. The van der Waals surface area contributed by atoms with Crippen molar-refractivity contribution in [3.63, 3.8) is 0 Å². The number of halogens is 3. The van der Waals surface area contributed by atoms with Crippen molar-refractivity contribution in [3.05, 3.63) is 52.4 Å². The molecule has 1 atom stereocenters. The number of nitrogens with zero attached hydrogens (tertiary/aromatic N) is 2. The zero-order valence-corrected chi connectivity index (χ0v) is 11.9. The van der Waals surface area contributed by atoms with Crippen LogP contribution >= 0.6 is 0 Å². The Bertz CT molecular complexity index is 741. The minimum Gasteiger partial charge on any atom is -0.459 e. The van der Waals surface area contributed by atoms with Gasteiger partial charge in [0, 0.05) is 12.3 Å². The third-order valence-electron chi connectivity index (χ3n) is 3.43. The normalized spacial score (nSPS) is 16.7. The van der Waals surface area contributed by atoms with Gasteiger partial charge in [0.15, 0.2) is 0 Å². The monoisotopic (exact) mass is 326 g/mol. The largest absolute Gasteiger partial charge is 0.573 e. The Balaban J connectivity index is 1.54. The Morgan fingerprint density at radius 2 is 2.00 bits per heavy atom. The number of aromatic nitrogens is 2. The van der Waals surface area contributed by atoms with Gasteiger partial charge in [-0.1, -0.05) is 12.1 Å². The van der Waals surface area contributed by atoms with Gasteiger partial charge in [0.2, 0.25) is 0 Å². The predicted octanol–water partition coefficient (Wildman–Crippen LogP) is 2.54. The molecule has 1 aliphatic heterocycles. The zero-order valence-electron chi connectivity index (χ0n) is 11.9. The van der Waals surface area contributed by atoms with Crippen molar-refractivity contribution in [1.82, 2.24) is 9.55 Å². The third-order valence-corrected chi connectivity index (χ3v) is 3.43. The van der Waals surface area contributed by atoms with Crippen LogP contribution in [0.5, 0.6) is 11.8 Å². The third kappa shape index (κ3) is 4.02. The molecule has 0 fully saturated rings. The molecule has 0 radical (unpaired) electrons. The Labute approximate surface area is 129 Å². The lowest BCUT2D eigenvalue weighted by molar-refractivity contribution is -0.274. The van der Waals surface area contributed by atoms with Crippen LogP contribution in [-0.4, -0.2) is 22.0 Å². The fraction of sp³-hybridized carbons (Fsp3) is 0.333. The lowest BCUT2D eigenvalue weighted by Crippen LogP contribution is -2.17. The number of ether oxygens (including phenoxy) is 2. The Morgan fingerprint density at radius 3 is 2.70 bits per heavy atom. The van der Waals surface area contributed by atoms with Gasteiger partial charge in [-0.2, -0.15) is 4.98 Å².